The minimum absolute atomic E-state index is 0.253. The molecule has 0 radical (unpaired) electrons. The van der Waals surface area contributed by atoms with Crippen LogP contribution in [-0.2, 0) is 0 Å². The van der Waals surface area contributed by atoms with E-state index in [4.69, 9.17) is 11.5 Å². The zero-order chi connectivity index (χ0) is 12.4. The third-order valence-electron chi connectivity index (χ3n) is 2.30. The van der Waals surface area contributed by atoms with E-state index in [1.165, 1.54) is 12.1 Å². The van der Waals surface area contributed by atoms with Gasteiger partial charge in [-0.05, 0) is 59.0 Å². The quantitative estimate of drug-likeness (QED) is 0.579. The largest absolute Gasteiger partial charge is 0.397 e. The Hall–Kier alpha value is -1.50. The maximum atomic E-state index is 12.9. The third kappa shape index (κ3) is 2.79. The highest BCUT2D eigenvalue weighted by Gasteiger charge is 2.03. The summed E-state index contributed by atoms with van der Waals surface area (Å²) in [6.07, 6.45) is 0. The third-order valence-corrected chi connectivity index (χ3v) is 3.19. The molecule has 0 bridgehead atoms. The van der Waals surface area contributed by atoms with E-state index in [9.17, 15) is 4.39 Å². The molecule has 3 nitrogen and oxygen atoms in total. The number of nitrogens with one attached hydrogen (secondary N) is 1. The second-order valence-corrected chi connectivity index (χ2v) is 4.76. The Balaban J connectivity index is 2.28. The van der Waals surface area contributed by atoms with Crippen molar-refractivity contribution < 1.29 is 4.39 Å². The molecule has 0 fully saturated rings. The first kappa shape index (κ1) is 12.0. The highest BCUT2D eigenvalue weighted by atomic mass is 127. The zero-order valence-corrected chi connectivity index (χ0v) is 11.0. The molecule has 5 N–H and O–H groups in total. The molecule has 0 aliphatic heterocycles. The van der Waals surface area contributed by atoms with Crippen molar-refractivity contribution in [2.24, 2.45) is 0 Å². The van der Waals surface area contributed by atoms with E-state index in [0.717, 1.165) is 14.9 Å². The minimum Gasteiger partial charge on any atom is -0.397 e. The van der Waals surface area contributed by atoms with Gasteiger partial charge in [-0.15, -0.1) is 0 Å². The van der Waals surface area contributed by atoms with Crippen molar-refractivity contribution in [3.63, 3.8) is 0 Å². The number of hydrogen-bond acceptors (Lipinski definition) is 3. The Morgan fingerprint density at radius 1 is 1.00 bits per heavy atom. The number of anilines is 4. The van der Waals surface area contributed by atoms with Gasteiger partial charge in [-0.3, -0.25) is 0 Å². The van der Waals surface area contributed by atoms with E-state index in [1.54, 1.807) is 18.2 Å². The van der Waals surface area contributed by atoms with Gasteiger partial charge in [-0.2, -0.15) is 0 Å². The van der Waals surface area contributed by atoms with Gasteiger partial charge < -0.3 is 16.8 Å². The molecule has 0 unspecified atom stereocenters. The second kappa shape index (κ2) is 4.79. The average Bonchev–Trinajstić information content (AvgIpc) is 2.27. The maximum absolute atomic E-state index is 12.9. The Morgan fingerprint density at radius 3 is 2.41 bits per heavy atom. The lowest BCUT2D eigenvalue weighted by molar-refractivity contribution is 0.627. The zero-order valence-electron chi connectivity index (χ0n) is 8.87. The van der Waals surface area contributed by atoms with Crippen molar-refractivity contribution in [2.75, 3.05) is 16.8 Å². The molecule has 88 valence electrons. The van der Waals surface area contributed by atoms with Crippen LogP contribution in [0.4, 0.5) is 27.1 Å². The number of hydrogen-bond donors (Lipinski definition) is 3. The predicted octanol–water partition coefficient (Wildman–Crippen LogP) is 3.34. The summed E-state index contributed by atoms with van der Waals surface area (Å²) < 4.78 is 13.7. The summed E-state index contributed by atoms with van der Waals surface area (Å²) >= 11 is 2.07. The number of halogens is 2. The summed E-state index contributed by atoms with van der Waals surface area (Å²) in [7, 11) is 0. The van der Waals surface area contributed by atoms with Crippen LogP contribution in [0.5, 0.6) is 0 Å². The lowest BCUT2D eigenvalue weighted by Gasteiger charge is -2.10. The number of rotatable bonds is 2. The smallest absolute Gasteiger partial charge is 0.124 e. The van der Waals surface area contributed by atoms with Crippen molar-refractivity contribution in [1.29, 1.82) is 0 Å². The van der Waals surface area contributed by atoms with Gasteiger partial charge in [0, 0.05) is 9.26 Å². The molecule has 0 aromatic heterocycles. The minimum atomic E-state index is -0.253. The summed E-state index contributed by atoms with van der Waals surface area (Å²) in [6, 6.07) is 9.85. The molecule has 2 aromatic carbocycles. The van der Waals surface area contributed by atoms with Gasteiger partial charge in [0.2, 0.25) is 0 Å². The van der Waals surface area contributed by atoms with E-state index in [0.29, 0.717) is 11.4 Å². The standard InChI is InChI=1S/C12H11FIN3/c13-7-1-4-12(9(14)5-7)17-8-2-3-10(15)11(16)6-8/h1-6,17H,15-16H2. The topological polar surface area (TPSA) is 64.1 Å². The number of nitrogen functional groups attached to an aromatic ring is 2. The van der Waals surface area contributed by atoms with Crippen molar-refractivity contribution in [2.45, 2.75) is 0 Å². The summed E-state index contributed by atoms with van der Waals surface area (Å²) in [5, 5.41) is 3.16. The fourth-order valence-electron chi connectivity index (χ4n) is 1.40. The summed E-state index contributed by atoms with van der Waals surface area (Å²) in [6.45, 7) is 0. The van der Waals surface area contributed by atoms with Crippen LogP contribution in [0, 0.1) is 9.39 Å². The Morgan fingerprint density at radius 2 is 1.76 bits per heavy atom. The molecule has 0 aliphatic carbocycles. The van der Waals surface area contributed by atoms with E-state index >= 15 is 0 Å². The van der Waals surface area contributed by atoms with Gasteiger partial charge in [0.05, 0.1) is 17.1 Å². The van der Waals surface area contributed by atoms with Gasteiger partial charge >= 0.3 is 0 Å². The first-order chi connectivity index (χ1) is 8.06. The van der Waals surface area contributed by atoms with E-state index in [1.807, 2.05) is 6.07 Å². The van der Waals surface area contributed by atoms with Gasteiger partial charge in [0.1, 0.15) is 5.82 Å². The van der Waals surface area contributed by atoms with Gasteiger partial charge in [0.25, 0.3) is 0 Å². The van der Waals surface area contributed by atoms with Crippen LogP contribution < -0.4 is 16.8 Å². The van der Waals surface area contributed by atoms with Crippen LogP contribution in [-0.4, -0.2) is 0 Å². The molecule has 0 aliphatic rings. The first-order valence-electron chi connectivity index (χ1n) is 4.93. The van der Waals surface area contributed by atoms with Gasteiger partial charge in [-0.1, -0.05) is 0 Å². The monoisotopic (exact) mass is 343 g/mol. The molecule has 2 rings (SSSR count). The second-order valence-electron chi connectivity index (χ2n) is 3.59. The lowest BCUT2D eigenvalue weighted by Crippen LogP contribution is -1.98. The van der Waals surface area contributed by atoms with Crippen LogP contribution >= 0.6 is 22.6 Å². The van der Waals surface area contributed by atoms with Crippen molar-refractivity contribution in [3.8, 4) is 0 Å². The molecular formula is C12H11FIN3. The summed E-state index contributed by atoms with van der Waals surface area (Å²) in [5.41, 5.74) is 14.1. The van der Waals surface area contributed by atoms with E-state index in [-0.39, 0.29) is 5.82 Å². The molecule has 5 heteroatoms. The molecule has 17 heavy (non-hydrogen) atoms. The molecule has 0 saturated heterocycles. The van der Waals surface area contributed by atoms with Crippen molar-refractivity contribution in [3.05, 3.63) is 45.8 Å². The van der Waals surface area contributed by atoms with Crippen LogP contribution in [0.2, 0.25) is 0 Å². The van der Waals surface area contributed by atoms with Crippen LogP contribution in [0.1, 0.15) is 0 Å². The normalized spacial score (nSPS) is 10.2. The number of benzene rings is 2. The molecule has 0 spiro atoms. The molecule has 0 saturated carbocycles. The first-order valence-corrected chi connectivity index (χ1v) is 6.01. The predicted molar refractivity (Wildman–Crippen MR) is 77.7 cm³/mol. The maximum Gasteiger partial charge on any atom is 0.124 e. The average molecular weight is 343 g/mol. The van der Waals surface area contributed by atoms with Gasteiger partial charge in [-0.25, -0.2) is 4.39 Å². The fraction of sp³-hybridized carbons (Fsp3) is 0. The highest BCUT2D eigenvalue weighted by molar-refractivity contribution is 14.1. The molecule has 0 heterocycles. The van der Waals surface area contributed by atoms with Crippen LogP contribution in [0.3, 0.4) is 0 Å². The Labute approximate surface area is 112 Å². The summed E-state index contributed by atoms with van der Waals surface area (Å²) in [5.74, 6) is -0.253. The highest BCUT2D eigenvalue weighted by Crippen LogP contribution is 2.26. The molecule has 2 aromatic rings. The van der Waals surface area contributed by atoms with Gasteiger partial charge in [0.15, 0.2) is 0 Å². The summed E-state index contributed by atoms with van der Waals surface area (Å²) in [4.78, 5) is 0. The fourth-order valence-corrected chi connectivity index (χ4v) is 2.01. The SMILES string of the molecule is Nc1ccc(Nc2ccc(F)cc2I)cc1N. The van der Waals surface area contributed by atoms with Crippen molar-refractivity contribution in [1.82, 2.24) is 0 Å². The number of nitrogens with two attached hydrogens (primary N) is 2. The molecule has 0 atom stereocenters. The Kier molecular flexibility index (Phi) is 3.37. The lowest BCUT2D eigenvalue weighted by atomic mass is 10.2. The van der Waals surface area contributed by atoms with Crippen LogP contribution in [0.15, 0.2) is 36.4 Å². The van der Waals surface area contributed by atoms with E-state index < -0.39 is 0 Å². The Bertz CT molecular complexity index is 557. The van der Waals surface area contributed by atoms with Crippen LogP contribution in [0.25, 0.3) is 0 Å². The molecule has 0 amide bonds. The molecular weight excluding hydrogens is 332 g/mol. The van der Waals surface area contributed by atoms with E-state index in [2.05, 4.69) is 27.9 Å². The van der Waals surface area contributed by atoms with Crippen molar-refractivity contribution >= 4 is 45.3 Å².